The molecule has 3 aromatic carbocycles. The lowest BCUT2D eigenvalue weighted by Crippen LogP contribution is -2.21. The second-order valence-electron chi connectivity index (χ2n) is 6.89. The number of rotatable bonds is 9. The van der Waals surface area contributed by atoms with E-state index in [1.54, 1.807) is 18.2 Å². The fraction of sp³-hybridized carbons (Fsp3) is 0.160. The molecule has 2 N–H and O–H groups in total. The van der Waals surface area contributed by atoms with Crippen LogP contribution in [-0.4, -0.2) is 46.5 Å². The number of amides is 2. The summed E-state index contributed by atoms with van der Waals surface area (Å²) in [7, 11) is 5.90. The number of nitrogens with zero attached hydrogens (tertiary/aromatic N) is 1. The Balaban J connectivity index is 1.90. The van der Waals surface area contributed by atoms with E-state index < -0.39 is 11.8 Å². The first-order chi connectivity index (χ1) is 16.5. The Kier molecular flexibility index (Phi) is 8.07. The summed E-state index contributed by atoms with van der Waals surface area (Å²) >= 11 is 0. The number of carbonyl (C=O) groups excluding carboxylic acids is 2. The molecule has 3 aromatic rings. The van der Waals surface area contributed by atoms with Gasteiger partial charge in [-0.2, -0.15) is 5.10 Å². The van der Waals surface area contributed by atoms with Crippen molar-refractivity contribution in [1.82, 2.24) is 5.43 Å². The van der Waals surface area contributed by atoms with Gasteiger partial charge < -0.3 is 24.3 Å². The van der Waals surface area contributed by atoms with E-state index in [1.165, 1.54) is 46.8 Å². The second kappa shape index (κ2) is 11.4. The molecule has 0 radical (unpaired) electrons. The molecule has 176 valence electrons. The zero-order valence-corrected chi connectivity index (χ0v) is 19.2. The fourth-order valence-corrected chi connectivity index (χ4v) is 3.11. The Hall–Kier alpha value is -4.53. The van der Waals surface area contributed by atoms with Crippen LogP contribution in [0.15, 0.2) is 65.8 Å². The van der Waals surface area contributed by atoms with Crippen LogP contribution < -0.4 is 29.7 Å². The van der Waals surface area contributed by atoms with Gasteiger partial charge in [0.05, 0.1) is 45.9 Å². The third kappa shape index (κ3) is 5.63. The van der Waals surface area contributed by atoms with Gasteiger partial charge >= 0.3 is 0 Å². The molecule has 0 heterocycles. The summed E-state index contributed by atoms with van der Waals surface area (Å²) < 4.78 is 21.1. The van der Waals surface area contributed by atoms with E-state index in [2.05, 4.69) is 15.8 Å². The molecule has 0 aliphatic heterocycles. The van der Waals surface area contributed by atoms with Crippen LogP contribution in [-0.2, 0) is 0 Å². The predicted molar refractivity (Wildman–Crippen MR) is 129 cm³/mol. The number of hydrogen-bond donors (Lipinski definition) is 2. The smallest absolute Gasteiger partial charge is 0.273 e. The maximum absolute atomic E-state index is 13.0. The van der Waals surface area contributed by atoms with Crippen LogP contribution in [0.25, 0.3) is 0 Å². The zero-order valence-electron chi connectivity index (χ0n) is 19.2. The largest absolute Gasteiger partial charge is 0.493 e. The molecular weight excluding hydrogens is 438 g/mol. The van der Waals surface area contributed by atoms with Crippen molar-refractivity contribution in [3.8, 4) is 23.0 Å². The average molecular weight is 463 g/mol. The van der Waals surface area contributed by atoms with Crippen molar-refractivity contribution in [1.29, 1.82) is 0 Å². The first-order valence-electron chi connectivity index (χ1n) is 10.2. The molecule has 0 spiro atoms. The summed E-state index contributed by atoms with van der Waals surface area (Å²) in [5.74, 6) is 0.543. The van der Waals surface area contributed by atoms with Crippen molar-refractivity contribution in [3.05, 3.63) is 77.4 Å². The number of nitrogens with one attached hydrogen (secondary N) is 2. The Morgan fingerprint density at radius 3 is 2.00 bits per heavy atom. The van der Waals surface area contributed by atoms with E-state index in [0.29, 0.717) is 28.6 Å². The van der Waals surface area contributed by atoms with Gasteiger partial charge in [-0.15, -0.1) is 0 Å². The molecule has 34 heavy (non-hydrogen) atoms. The second-order valence-corrected chi connectivity index (χ2v) is 6.89. The Bertz CT molecular complexity index is 1190. The van der Waals surface area contributed by atoms with E-state index in [1.807, 2.05) is 30.3 Å². The lowest BCUT2D eigenvalue weighted by Gasteiger charge is -2.15. The van der Waals surface area contributed by atoms with Gasteiger partial charge in [0.2, 0.25) is 0 Å². The van der Waals surface area contributed by atoms with Crippen LogP contribution in [0.4, 0.5) is 5.69 Å². The number of carbonyl (C=O) groups is 2. The van der Waals surface area contributed by atoms with Gasteiger partial charge in [-0.25, -0.2) is 5.43 Å². The number of benzene rings is 3. The van der Waals surface area contributed by atoms with Crippen molar-refractivity contribution >= 4 is 23.7 Å². The van der Waals surface area contributed by atoms with E-state index >= 15 is 0 Å². The van der Waals surface area contributed by atoms with Crippen LogP contribution in [0, 0.1) is 0 Å². The maximum atomic E-state index is 13.0. The number of hydrazone groups is 1. The summed E-state index contributed by atoms with van der Waals surface area (Å²) in [5.41, 5.74) is 3.94. The molecule has 0 fully saturated rings. The first kappa shape index (κ1) is 24.1. The molecule has 0 bridgehead atoms. The van der Waals surface area contributed by atoms with Gasteiger partial charge in [-0.05, 0) is 29.8 Å². The minimum atomic E-state index is -0.546. The lowest BCUT2D eigenvalue weighted by atomic mass is 10.1. The number of ether oxygens (including phenoxy) is 4. The van der Waals surface area contributed by atoms with Crippen LogP contribution in [0.5, 0.6) is 23.0 Å². The zero-order chi connectivity index (χ0) is 24.5. The third-order valence-electron chi connectivity index (χ3n) is 4.84. The highest BCUT2D eigenvalue weighted by molar-refractivity contribution is 6.09. The number of methoxy groups -OCH3 is 4. The van der Waals surface area contributed by atoms with Crippen LogP contribution in [0.1, 0.15) is 26.3 Å². The highest BCUT2D eigenvalue weighted by Gasteiger charge is 2.20. The van der Waals surface area contributed by atoms with Crippen molar-refractivity contribution in [2.75, 3.05) is 33.8 Å². The fourth-order valence-electron chi connectivity index (χ4n) is 3.11. The molecule has 0 atom stereocenters. The van der Waals surface area contributed by atoms with E-state index in [4.69, 9.17) is 18.9 Å². The van der Waals surface area contributed by atoms with Gasteiger partial charge in [0, 0.05) is 11.6 Å². The summed E-state index contributed by atoms with van der Waals surface area (Å²) in [6.45, 7) is 0. The van der Waals surface area contributed by atoms with Gasteiger partial charge in [0.25, 0.3) is 11.8 Å². The molecule has 0 saturated heterocycles. The number of anilines is 1. The van der Waals surface area contributed by atoms with Gasteiger partial charge in [0.15, 0.2) is 23.0 Å². The SMILES string of the molecule is COc1ccc(C(=O)Nc2cc(OC)c(OC)cc2C(=O)NN=Cc2ccccc2)cc1OC. The van der Waals surface area contributed by atoms with Crippen molar-refractivity contribution in [2.24, 2.45) is 5.10 Å². The summed E-state index contributed by atoms with van der Waals surface area (Å²) in [5, 5.41) is 6.74. The molecular formula is C25H25N3O6. The molecule has 9 nitrogen and oxygen atoms in total. The van der Waals surface area contributed by atoms with Gasteiger partial charge in [0.1, 0.15) is 0 Å². The Labute approximate surface area is 197 Å². The minimum absolute atomic E-state index is 0.136. The molecule has 0 saturated carbocycles. The van der Waals surface area contributed by atoms with Crippen LogP contribution in [0.2, 0.25) is 0 Å². The van der Waals surface area contributed by atoms with Crippen LogP contribution >= 0.6 is 0 Å². The van der Waals surface area contributed by atoms with E-state index in [9.17, 15) is 9.59 Å². The topological polar surface area (TPSA) is 107 Å². The van der Waals surface area contributed by atoms with Crippen molar-refractivity contribution < 1.29 is 28.5 Å². The molecule has 0 aliphatic rings. The van der Waals surface area contributed by atoms with E-state index in [-0.39, 0.29) is 11.3 Å². The normalized spacial score (nSPS) is 10.5. The standard InChI is InChI=1S/C25H25N3O6/c1-31-20-11-10-17(12-21(20)32-2)24(29)27-19-14-23(34-4)22(33-3)13-18(19)25(30)28-26-15-16-8-6-5-7-9-16/h5-15H,1-4H3,(H,27,29)(H,28,30). The summed E-state index contributed by atoms with van der Waals surface area (Å²) in [4.78, 5) is 25.9. The van der Waals surface area contributed by atoms with Crippen LogP contribution in [0.3, 0.4) is 0 Å². The minimum Gasteiger partial charge on any atom is -0.493 e. The van der Waals surface area contributed by atoms with Crippen molar-refractivity contribution in [3.63, 3.8) is 0 Å². The molecule has 3 rings (SSSR count). The maximum Gasteiger partial charge on any atom is 0.273 e. The van der Waals surface area contributed by atoms with E-state index in [0.717, 1.165) is 5.56 Å². The Morgan fingerprint density at radius 1 is 0.735 bits per heavy atom. The quantitative estimate of drug-likeness (QED) is 0.370. The average Bonchev–Trinajstić information content (AvgIpc) is 2.88. The third-order valence-corrected chi connectivity index (χ3v) is 4.84. The van der Waals surface area contributed by atoms with Gasteiger partial charge in [-0.3, -0.25) is 9.59 Å². The summed E-state index contributed by atoms with van der Waals surface area (Å²) in [6.07, 6.45) is 1.51. The van der Waals surface area contributed by atoms with Crippen molar-refractivity contribution in [2.45, 2.75) is 0 Å². The molecule has 0 unspecified atom stereocenters. The molecule has 9 heteroatoms. The highest BCUT2D eigenvalue weighted by Crippen LogP contribution is 2.34. The lowest BCUT2D eigenvalue weighted by molar-refractivity contribution is 0.0955. The molecule has 2 amide bonds. The van der Waals surface area contributed by atoms with Gasteiger partial charge in [-0.1, -0.05) is 30.3 Å². The summed E-state index contributed by atoms with van der Waals surface area (Å²) in [6, 6.07) is 17.0. The highest BCUT2D eigenvalue weighted by atomic mass is 16.5. The molecule has 0 aliphatic carbocycles. The number of hydrogen-bond acceptors (Lipinski definition) is 7. The Morgan fingerprint density at radius 2 is 1.35 bits per heavy atom. The monoisotopic (exact) mass is 463 g/mol. The first-order valence-corrected chi connectivity index (χ1v) is 10.2. The molecule has 0 aromatic heterocycles. The predicted octanol–water partition coefficient (Wildman–Crippen LogP) is 3.74.